The van der Waals surface area contributed by atoms with Crippen LogP contribution < -0.4 is 0 Å². The number of esters is 3. The maximum absolute atomic E-state index is 13.8. The highest BCUT2D eigenvalue weighted by molar-refractivity contribution is 5.94. The van der Waals surface area contributed by atoms with Gasteiger partial charge in [0.25, 0.3) is 0 Å². The highest BCUT2D eigenvalue weighted by Gasteiger charge is 3.04. The Morgan fingerprint density at radius 1 is 1.05 bits per heavy atom. The first-order chi connectivity index (χ1) is 17.4. The van der Waals surface area contributed by atoms with Gasteiger partial charge in [-0.15, -0.1) is 0 Å². The minimum absolute atomic E-state index is 0.0731. The number of ether oxygens (including phenoxy) is 5. The van der Waals surface area contributed by atoms with E-state index in [0.29, 0.717) is 6.42 Å². The van der Waals surface area contributed by atoms with Crippen molar-refractivity contribution in [2.75, 3.05) is 0 Å². The number of aliphatic hydroxyl groups excluding tert-OH is 1. The summed E-state index contributed by atoms with van der Waals surface area (Å²) in [5.41, 5.74) is -7.12. The molecule has 10 nitrogen and oxygen atoms in total. The fourth-order valence-corrected chi connectivity index (χ4v) is 9.05. The lowest BCUT2D eigenvalue weighted by molar-refractivity contribution is -0.240. The molecule has 0 amide bonds. The molecule has 0 aromatic heterocycles. The molecule has 1 aromatic rings. The molecule has 10 heteroatoms. The summed E-state index contributed by atoms with van der Waals surface area (Å²) >= 11 is 0. The topological polar surface area (TPSA) is 138 Å². The third-order valence-electron chi connectivity index (χ3n) is 10.2. The Morgan fingerprint density at radius 2 is 1.76 bits per heavy atom. The normalized spacial score (nSPS) is 50.9. The Bertz CT molecular complexity index is 1230. The summed E-state index contributed by atoms with van der Waals surface area (Å²) in [6.07, 6.45) is -6.16. The van der Waals surface area contributed by atoms with E-state index in [2.05, 4.69) is 0 Å². The Labute approximate surface area is 213 Å². The maximum Gasteiger partial charge on any atom is 0.343 e. The molecule has 2 N–H and O–H groups in total. The Balaban J connectivity index is 1.47. The molecule has 198 valence electrons. The summed E-state index contributed by atoms with van der Waals surface area (Å²) in [6, 6.07) is 9.31. The number of hydrogen-bond donors (Lipinski definition) is 2. The van der Waals surface area contributed by atoms with Gasteiger partial charge in [0, 0.05) is 0 Å². The number of benzene rings is 1. The van der Waals surface area contributed by atoms with Gasteiger partial charge in [-0.1, -0.05) is 51.1 Å². The average Bonchev–Trinajstić information content (AvgIpc) is 3.55. The fraction of sp³-hybridized carbons (Fsp3) is 0.667. The van der Waals surface area contributed by atoms with Crippen LogP contribution in [-0.4, -0.2) is 70.0 Å². The molecule has 11 atom stereocenters. The standard InChI is InChI=1S/C27H30O10/c1-12-19(29)35-17-16(28)25-15-10-14(23(2,3)4)24(25)18(33-11-13-8-6-5-7-9-13)20(30)36-22(24)37-27(25,21(31)34-15)26(12,17)32/h5-9,12,14-18,22,28,32H,10-11H2,1-4H3/t12-,14+,15?,16+,17?,18-,22?,24?,25?,26-,27?/m1/s1. The highest BCUT2D eigenvalue weighted by Crippen LogP contribution is 2.84. The van der Waals surface area contributed by atoms with E-state index in [9.17, 15) is 24.6 Å². The smallest absolute Gasteiger partial charge is 0.343 e. The van der Waals surface area contributed by atoms with Crippen molar-refractivity contribution >= 4 is 17.9 Å². The molecule has 4 saturated heterocycles. The third kappa shape index (κ3) is 2.14. The molecular weight excluding hydrogens is 484 g/mol. The number of hydrogen-bond acceptors (Lipinski definition) is 10. The fourth-order valence-electron chi connectivity index (χ4n) is 9.05. The molecule has 6 fully saturated rings. The Morgan fingerprint density at radius 3 is 2.43 bits per heavy atom. The molecule has 0 radical (unpaired) electrons. The zero-order valence-electron chi connectivity index (χ0n) is 21.0. The monoisotopic (exact) mass is 514 g/mol. The average molecular weight is 515 g/mol. The van der Waals surface area contributed by atoms with E-state index >= 15 is 0 Å². The van der Waals surface area contributed by atoms with Crippen LogP contribution in [0.1, 0.15) is 39.7 Å². The van der Waals surface area contributed by atoms with Crippen molar-refractivity contribution < 1.29 is 48.3 Å². The number of carbonyl (C=O) groups excluding carboxylic acids is 3. The zero-order chi connectivity index (χ0) is 26.3. The van der Waals surface area contributed by atoms with Crippen LogP contribution in [0.5, 0.6) is 0 Å². The number of aliphatic hydroxyl groups is 2. The largest absolute Gasteiger partial charge is 0.459 e. The van der Waals surface area contributed by atoms with Gasteiger partial charge in [0.05, 0.1) is 23.4 Å². The molecule has 2 spiro atoms. The predicted molar refractivity (Wildman–Crippen MR) is 121 cm³/mol. The van der Waals surface area contributed by atoms with Crippen molar-refractivity contribution in [2.45, 2.75) is 82.6 Å². The minimum atomic E-state index is -2.23. The third-order valence-corrected chi connectivity index (χ3v) is 10.2. The summed E-state index contributed by atoms with van der Waals surface area (Å²) in [4.78, 5) is 39.9. The quantitative estimate of drug-likeness (QED) is 0.441. The Hall–Kier alpha value is -2.53. The first kappa shape index (κ1) is 23.6. The van der Waals surface area contributed by atoms with Gasteiger partial charge in [-0.05, 0) is 30.2 Å². The molecule has 2 saturated carbocycles. The van der Waals surface area contributed by atoms with Crippen LogP contribution in [0.4, 0.5) is 0 Å². The first-order valence-corrected chi connectivity index (χ1v) is 12.8. The van der Waals surface area contributed by atoms with Crippen molar-refractivity contribution in [1.29, 1.82) is 0 Å². The molecule has 37 heavy (non-hydrogen) atoms. The zero-order valence-corrected chi connectivity index (χ0v) is 21.0. The van der Waals surface area contributed by atoms with Gasteiger partial charge in [-0.3, -0.25) is 4.79 Å². The minimum Gasteiger partial charge on any atom is -0.459 e. The molecule has 6 aliphatic rings. The molecule has 0 bridgehead atoms. The van der Waals surface area contributed by atoms with Gasteiger partial charge < -0.3 is 33.9 Å². The van der Waals surface area contributed by atoms with E-state index in [-0.39, 0.29) is 12.5 Å². The lowest BCUT2D eigenvalue weighted by Crippen LogP contribution is -2.67. The summed E-state index contributed by atoms with van der Waals surface area (Å²) in [6.45, 7) is 7.52. The van der Waals surface area contributed by atoms with Crippen LogP contribution in [0.25, 0.3) is 0 Å². The second-order valence-corrected chi connectivity index (χ2v) is 12.4. The van der Waals surface area contributed by atoms with Gasteiger partial charge in [0.15, 0.2) is 17.8 Å². The van der Waals surface area contributed by atoms with Crippen molar-refractivity contribution in [3.8, 4) is 0 Å². The Kier molecular flexibility index (Phi) is 4.28. The van der Waals surface area contributed by atoms with Crippen molar-refractivity contribution in [3.63, 3.8) is 0 Å². The number of rotatable bonds is 3. The van der Waals surface area contributed by atoms with Crippen molar-refractivity contribution in [1.82, 2.24) is 0 Å². The van der Waals surface area contributed by atoms with Gasteiger partial charge in [-0.25, -0.2) is 9.59 Å². The second-order valence-electron chi connectivity index (χ2n) is 12.4. The van der Waals surface area contributed by atoms with Crippen LogP contribution in [0.15, 0.2) is 30.3 Å². The van der Waals surface area contributed by atoms with E-state index in [4.69, 9.17) is 23.7 Å². The predicted octanol–water partition coefficient (Wildman–Crippen LogP) is 0.855. The van der Waals surface area contributed by atoms with E-state index in [1.54, 1.807) is 0 Å². The van der Waals surface area contributed by atoms with E-state index in [0.717, 1.165) is 5.56 Å². The van der Waals surface area contributed by atoms with Gasteiger partial charge in [0.1, 0.15) is 12.2 Å². The lowest BCUT2D eigenvalue weighted by atomic mass is 9.51. The van der Waals surface area contributed by atoms with E-state index < -0.39 is 82.0 Å². The van der Waals surface area contributed by atoms with Gasteiger partial charge >= 0.3 is 17.9 Å². The maximum atomic E-state index is 13.8. The van der Waals surface area contributed by atoms with Crippen LogP contribution >= 0.6 is 0 Å². The summed E-state index contributed by atoms with van der Waals surface area (Å²) in [7, 11) is 0. The van der Waals surface area contributed by atoms with Crippen molar-refractivity contribution in [2.24, 2.45) is 28.1 Å². The van der Waals surface area contributed by atoms with Crippen LogP contribution in [0, 0.1) is 28.1 Å². The van der Waals surface area contributed by atoms with Crippen LogP contribution in [0.3, 0.4) is 0 Å². The SMILES string of the molecule is C[C@@H]1C(=O)OC2[C@H](O)C34C5C[C@@H](C(C)(C)C)C36C(OC(=O)[C@H]6OCc3ccccc3)OC4(C(=O)O5)[C@]21O. The van der Waals surface area contributed by atoms with E-state index in [1.165, 1.54) is 6.92 Å². The molecule has 2 aliphatic carbocycles. The van der Waals surface area contributed by atoms with Crippen LogP contribution in [-0.2, 0) is 44.7 Å². The van der Waals surface area contributed by atoms with E-state index in [1.807, 2.05) is 51.1 Å². The second kappa shape index (κ2) is 6.72. The molecular formula is C27H30O10. The first-order valence-electron chi connectivity index (χ1n) is 12.8. The molecule has 7 rings (SSSR count). The molecule has 1 aromatic carbocycles. The summed E-state index contributed by atoms with van der Waals surface area (Å²) in [5.74, 6) is -3.88. The number of carbonyl (C=O) groups is 3. The summed E-state index contributed by atoms with van der Waals surface area (Å²) in [5, 5.41) is 24.3. The van der Waals surface area contributed by atoms with Gasteiger partial charge in [-0.2, -0.15) is 0 Å². The number of fused-ring (bicyclic) bond motifs is 1. The van der Waals surface area contributed by atoms with Crippen molar-refractivity contribution in [3.05, 3.63) is 35.9 Å². The molecule has 4 aliphatic heterocycles. The van der Waals surface area contributed by atoms with Gasteiger partial charge in [0.2, 0.25) is 11.9 Å². The highest BCUT2D eigenvalue weighted by atomic mass is 16.8. The summed E-state index contributed by atoms with van der Waals surface area (Å²) < 4.78 is 29.9. The molecule has 4 heterocycles. The van der Waals surface area contributed by atoms with Crippen LogP contribution in [0.2, 0.25) is 0 Å². The lowest BCUT2D eigenvalue weighted by Gasteiger charge is -2.48. The molecule has 6 unspecified atom stereocenters.